The Balaban J connectivity index is 4.64. The minimum atomic E-state index is -4.69. The molecule has 0 radical (unpaired) electrons. The summed E-state index contributed by atoms with van der Waals surface area (Å²) in [6.45, 7) is 0.803. The summed E-state index contributed by atoms with van der Waals surface area (Å²) in [7, 11) is -9.29. The third-order valence-corrected chi connectivity index (χ3v) is 5.01. The van der Waals surface area contributed by atoms with Crippen LogP contribution in [0.3, 0.4) is 0 Å². The highest BCUT2D eigenvalue weighted by molar-refractivity contribution is 7.71. The first-order valence-electron chi connectivity index (χ1n) is 2.42. The van der Waals surface area contributed by atoms with E-state index in [1.807, 2.05) is 0 Å². The lowest BCUT2D eigenvalue weighted by atomic mass is 11.0. The van der Waals surface area contributed by atoms with Gasteiger partial charge >= 0.3 is 15.2 Å². The minimum absolute atomic E-state index is 0.803. The van der Waals surface area contributed by atoms with E-state index < -0.39 is 20.6 Å². The van der Waals surface area contributed by atoms with E-state index in [4.69, 9.17) is 19.9 Å². The predicted octanol–water partition coefficient (Wildman–Crippen LogP) is 0.185. The Bertz CT molecular complexity index is 216. The van der Waals surface area contributed by atoms with Crippen LogP contribution in [0.1, 0.15) is 6.92 Å². The zero-order valence-electron chi connectivity index (χ0n) is 5.49. The van der Waals surface area contributed by atoms with Crippen molar-refractivity contribution in [2.24, 2.45) is 0 Å². The largest absolute Gasteiger partial charge is 0.369 e. The van der Waals surface area contributed by atoms with E-state index in [1.54, 1.807) is 0 Å². The molecule has 0 amide bonds. The maximum Gasteiger partial charge on any atom is 0.369 e. The van der Waals surface area contributed by atoms with Gasteiger partial charge in [-0.1, -0.05) is 0 Å². The van der Waals surface area contributed by atoms with Gasteiger partial charge in [0.25, 0.3) is 0 Å². The van der Waals surface area contributed by atoms with Crippen LogP contribution in [0.2, 0.25) is 0 Å². The summed E-state index contributed by atoms with van der Waals surface area (Å²) in [6, 6.07) is 0. The van der Waals surface area contributed by atoms with Crippen LogP contribution in [0, 0.1) is 0 Å². The lowest BCUT2D eigenvalue weighted by Gasteiger charge is -2.15. The first-order chi connectivity index (χ1) is 4.72. The van der Waals surface area contributed by atoms with Gasteiger partial charge in [-0.05, 0) is 6.92 Å². The Hall–Kier alpha value is 0.260. The molecular formula is C2H8O7P2. The second-order valence-corrected chi connectivity index (χ2v) is 6.29. The van der Waals surface area contributed by atoms with Crippen LogP contribution in [-0.2, 0) is 13.8 Å². The van der Waals surface area contributed by atoms with E-state index in [9.17, 15) is 9.13 Å². The Morgan fingerprint density at radius 2 is 1.64 bits per heavy atom. The molecular weight excluding hydrogens is 198 g/mol. The standard InChI is InChI=1S/C2H8O7P2/c1-2(10(4,5)6)11(7,8)9-3/h2-3H,1H3,(H,7,8)(H2,4,5,6). The Kier molecular flexibility index (Phi) is 3.41. The SMILES string of the molecule is CC(P(=O)(O)O)P(=O)(O)OO. The smallest absolute Gasteiger partial charge is 0.324 e. The van der Waals surface area contributed by atoms with Crippen LogP contribution in [0.25, 0.3) is 0 Å². The molecule has 0 aliphatic carbocycles. The molecule has 0 aromatic carbocycles. The average Bonchev–Trinajstić information content (AvgIpc) is 1.84. The molecule has 2 atom stereocenters. The van der Waals surface area contributed by atoms with Gasteiger partial charge in [0.1, 0.15) is 0 Å². The molecule has 0 bridgehead atoms. The van der Waals surface area contributed by atoms with Crippen molar-refractivity contribution in [2.75, 3.05) is 0 Å². The minimum Gasteiger partial charge on any atom is -0.324 e. The van der Waals surface area contributed by atoms with Crippen molar-refractivity contribution in [2.45, 2.75) is 12.3 Å². The monoisotopic (exact) mass is 206 g/mol. The van der Waals surface area contributed by atoms with Crippen LogP contribution in [0.5, 0.6) is 0 Å². The molecule has 0 heterocycles. The maximum absolute atomic E-state index is 10.5. The first kappa shape index (κ1) is 11.3. The van der Waals surface area contributed by atoms with Crippen molar-refractivity contribution in [3.05, 3.63) is 0 Å². The number of rotatable bonds is 3. The van der Waals surface area contributed by atoms with Gasteiger partial charge in [0.2, 0.25) is 0 Å². The number of hydrogen-bond donors (Lipinski definition) is 4. The fraction of sp³-hybridized carbons (Fsp3) is 1.00. The Morgan fingerprint density at radius 1 is 1.27 bits per heavy atom. The molecule has 0 saturated carbocycles. The second-order valence-electron chi connectivity index (χ2n) is 1.87. The quantitative estimate of drug-likeness (QED) is 0.295. The third-order valence-electron chi connectivity index (χ3n) is 1.08. The molecule has 0 spiro atoms. The van der Waals surface area contributed by atoms with E-state index >= 15 is 0 Å². The van der Waals surface area contributed by atoms with Gasteiger partial charge in [0.05, 0.1) is 0 Å². The highest BCUT2D eigenvalue weighted by atomic mass is 31.2. The molecule has 0 aliphatic heterocycles. The van der Waals surface area contributed by atoms with Crippen molar-refractivity contribution in [1.29, 1.82) is 0 Å². The van der Waals surface area contributed by atoms with Gasteiger partial charge in [-0.3, -0.25) is 9.13 Å². The highest BCUT2D eigenvalue weighted by Gasteiger charge is 2.41. The van der Waals surface area contributed by atoms with Gasteiger partial charge in [-0.15, -0.1) is 0 Å². The summed E-state index contributed by atoms with van der Waals surface area (Å²) in [5, 5.41) is 5.85. The first-order valence-corrected chi connectivity index (χ1v) is 5.75. The van der Waals surface area contributed by atoms with Gasteiger partial charge < -0.3 is 14.7 Å². The predicted molar refractivity (Wildman–Crippen MR) is 35.0 cm³/mol. The summed E-state index contributed by atoms with van der Waals surface area (Å²) >= 11 is 0. The van der Waals surface area contributed by atoms with E-state index in [2.05, 4.69) is 4.67 Å². The zero-order valence-corrected chi connectivity index (χ0v) is 7.27. The lowest BCUT2D eigenvalue weighted by molar-refractivity contribution is -0.146. The molecule has 4 N–H and O–H groups in total. The van der Waals surface area contributed by atoms with Gasteiger partial charge in [-0.2, -0.15) is 4.67 Å². The van der Waals surface area contributed by atoms with Crippen molar-refractivity contribution in [3.63, 3.8) is 0 Å². The van der Waals surface area contributed by atoms with E-state index in [-0.39, 0.29) is 0 Å². The third kappa shape index (κ3) is 3.01. The normalized spacial score (nSPS) is 20.8. The summed E-state index contributed by atoms with van der Waals surface area (Å²) in [5.74, 6) is 0. The Morgan fingerprint density at radius 3 is 1.73 bits per heavy atom. The number of hydrogen-bond acceptors (Lipinski definition) is 4. The molecule has 11 heavy (non-hydrogen) atoms. The fourth-order valence-electron chi connectivity index (χ4n) is 0.258. The molecule has 0 aromatic heterocycles. The van der Waals surface area contributed by atoms with Crippen molar-refractivity contribution >= 4 is 15.2 Å². The summed E-state index contributed by atoms with van der Waals surface area (Å²) in [6.07, 6.45) is 0. The zero-order chi connectivity index (χ0) is 9.28. The van der Waals surface area contributed by atoms with Gasteiger partial charge in [0, 0.05) is 0 Å². The molecule has 0 rings (SSSR count). The maximum atomic E-state index is 10.5. The topological polar surface area (TPSA) is 124 Å². The van der Waals surface area contributed by atoms with E-state index in [0.717, 1.165) is 6.92 Å². The summed E-state index contributed by atoms with van der Waals surface area (Å²) in [5.41, 5.74) is 0. The van der Waals surface area contributed by atoms with Crippen LogP contribution < -0.4 is 0 Å². The van der Waals surface area contributed by atoms with Gasteiger partial charge in [-0.25, -0.2) is 5.26 Å². The lowest BCUT2D eigenvalue weighted by Crippen LogP contribution is -2.05. The van der Waals surface area contributed by atoms with Crippen LogP contribution in [0.15, 0.2) is 0 Å². The van der Waals surface area contributed by atoms with E-state index in [1.165, 1.54) is 0 Å². The molecule has 0 saturated heterocycles. The summed E-state index contributed by atoms with van der Waals surface area (Å²) in [4.78, 5) is 25.2. The summed E-state index contributed by atoms with van der Waals surface area (Å²) < 4.78 is 23.9. The van der Waals surface area contributed by atoms with Gasteiger partial charge in [0.15, 0.2) is 5.40 Å². The Labute approximate surface area is 62.2 Å². The van der Waals surface area contributed by atoms with Crippen LogP contribution in [-0.4, -0.2) is 25.3 Å². The molecule has 7 nitrogen and oxygen atoms in total. The van der Waals surface area contributed by atoms with Crippen molar-refractivity contribution in [3.8, 4) is 0 Å². The van der Waals surface area contributed by atoms with E-state index in [0.29, 0.717) is 0 Å². The molecule has 0 fully saturated rings. The molecule has 0 aliphatic rings. The highest BCUT2D eigenvalue weighted by Crippen LogP contribution is 2.61. The second kappa shape index (κ2) is 3.33. The van der Waals surface area contributed by atoms with Crippen molar-refractivity contribution in [1.82, 2.24) is 0 Å². The molecule has 0 aromatic rings. The fourth-order valence-corrected chi connectivity index (χ4v) is 2.04. The van der Waals surface area contributed by atoms with Crippen LogP contribution in [0.4, 0.5) is 0 Å². The van der Waals surface area contributed by atoms with Crippen LogP contribution >= 0.6 is 15.2 Å². The molecule has 68 valence electrons. The average molecular weight is 206 g/mol. The molecule has 2 unspecified atom stereocenters. The van der Waals surface area contributed by atoms with Crippen molar-refractivity contribution < 1.29 is 33.7 Å². The molecule has 9 heteroatoms.